The zero-order valence-corrected chi connectivity index (χ0v) is 11.7. The Kier molecular flexibility index (Phi) is 4.28. The third kappa shape index (κ3) is 2.86. The fraction of sp³-hybridized carbons (Fsp3) is 0.929. The molecule has 2 fully saturated rings. The van der Waals surface area contributed by atoms with E-state index >= 15 is 0 Å². The summed E-state index contributed by atoms with van der Waals surface area (Å²) in [5.41, 5.74) is 5.22. The zero-order valence-electron chi connectivity index (χ0n) is 11.7. The molecule has 1 amide bonds. The molecule has 0 heterocycles. The van der Waals surface area contributed by atoms with E-state index in [0.717, 1.165) is 38.3 Å². The quantitative estimate of drug-likeness (QED) is 0.749. The van der Waals surface area contributed by atoms with Crippen LogP contribution in [0.3, 0.4) is 0 Å². The van der Waals surface area contributed by atoms with Crippen LogP contribution in [0.1, 0.15) is 51.9 Å². The normalized spacial score (nSPS) is 32.7. The van der Waals surface area contributed by atoms with Gasteiger partial charge in [-0.05, 0) is 58.5 Å². The van der Waals surface area contributed by atoms with Crippen molar-refractivity contribution in [3.05, 3.63) is 0 Å². The second kappa shape index (κ2) is 5.57. The Morgan fingerprint density at radius 1 is 1.39 bits per heavy atom. The first-order chi connectivity index (χ1) is 8.59. The van der Waals surface area contributed by atoms with Crippen molar-refractivity contribution in [1.82, 2.24) is 10.2 Å². The van der Waals surface area contributed by atoms with E-state index in [1.165, 1.54) is 19.3 Å². The lowest BCUT2D eigenvalue weighted by molar-refractivity contribution is -0.126. The summed E-state index contributed by atoms with van der Waals surface area (Å²) in [7, 11) is 2.21. The standard InChI is InChI=1S/C14H27N3O/c1-3-9-16-14(13(15)18)8-4-5-12(10-14)17(2)11-6-7-11/h11-12,16H,3-10H2,1-2H3,(H2,15,18). The maximum Gasteiger partial charge on any atom is 0.237 e. The Balaban J connectivity index is 2.02. The van der Waals surface area contributed by atoms with Gasteiger partial charge in [-0.25, -0.2) is 0 Å². The maximum absolute atomic E-state index is 11.9. The molecule has 0 aromatic carbocycles. The van der Waals surface area contributed by atoms with E-state index in [4.69, 9.17) is 5.73 Å². The van der Waals surface area contributed by atoms with Gasteiger partial charge in [-0.15, -0.1) is 0 Å². The number of hydrogen-bond acceptors (Lipinski definition) is 3. The van der Waals surface area contributed by atoms with E-state index in [9.17, 15) is 4.79 Å². The van der Waals surface area contributed by atoms with Gasteiger partial charge in [0.25, 0.3) is 0 Å². The van der Waals surface area contributed by atoms with Crippen molar-refractivity contribution in [3.8, 4) is 0 Å². The molecule has 0 aromatic heterocycles. The van der Waals surface area contributed by atoms with Crippen molar-refractivity contribution < 1.29 is 4.79 Å². The summed E-state index contributed by atoms with van der Waals surface area (Å²) in [6, 6.07) is 1.27. The smallest absolute Gasteiger partial charge is 0.237 e. The van der Waals surface area contributed by atoms with Gasteiger partial charge in [-0.2, -0.15) is 0 Å². The Morgan fingerprint density at radius 3 is 2.67 bits per heavy atom. The number of hydrogen-bond donors (Lipinski definition) is 2. The molecule has 3 N–H and O–H groups in total. The SMILES string of the molecule is CCCNC1(C(N)=O)CCCC(N(C)C2CC2)C1. The van der Waals surface area contributed by atoms with Gasteiger partial charge < -0.3 is 16.0 Å². The Bertz CT molecular complexity index is 303. The average molecular weight is 253 g/mol. The van der Waals surface area contributed by atoms with Crippen LogP contribution in [0.4, 0.5) is 0 Å². The van der Waals surface area contributed by atoms with Gasteiger partial charge in [-0.1, -0.05) is 6.92 Å². The summed E-state index contributed by atoms with van der Waals surface area (Å²) >= 11 is 0. The molecule has 0 bridgehead atoms. The van der Waals surface area contributed by atoms with E-state index in [1.807, 2.05) is 0 Å². The lowest BCUT2D eigenvalue weighted by atomic mass is 9.77. The number of amides is 1. The number of nitrogens with zero attached hydrogens (tertiary/aromatic N) is 1. The minimum Gasteiger partial charge on any atom is -0.368 e. The minimum atomic E-state index is -0.456. The Morgan fingerprint density at radius 2 is 2.11 bits per heavy atom. The van der Waals surface area contributed by atoms with Crippen molar-refractivity contribution in [3.63, 3.8) is 0 Å². The van der Waals surface area contributed by atoms with E-state index in [0.29, 0.717) is 6.04 Å². The highest BCUT2D eigenvalue weighted by Gasteiger charge is 2.43. The van der Waals surface area contributed by atoms with E-state index in [-0.39, 0.29) is 5.91 Å². The van der Waals surface area contributed by atoms with Crippen LogP contribution in [0.15, 0.2) is 0 Å². The molecule has 0 aliphatic heterocycles. The molecule has 2 rings (SSSR count). The van der Waals surface area contributed by atoms with Gasteiger partial charge >= 0.3 is 0 Å². The van der Waals surface area contributed by atoms with Crippen LogP contribution < -0.4 is 11.1 Å². The molecule has 0 radical (unpaired) electrons. The largest absolute Gasteiger partial charge is 0.368 e. The highest BCUT2D eigenvalue weighted by Crippen LogP contribution is 2.36. The maximum atomic E-state index is 11.9. The molecule has 2 aliphatic carbocycles. The lowest BCUT2D eigenvalue weighted by Crippen LogP contribution is -2.60. The van der Waals surface area contributed by atoms with Crippen molar-refractivity contribution >= 4 is 5.91 Å². The summed E-state index contributed by atoms with van der Waals surface area (Å²) in [6.07, 6.45) is 7.76. The molecule has 2 atom stereocenters. The van der Waals surface area contributed by atoms with Gasteiger partial charge in [-0.3, -0.25) is 4.79 Å². The van der Waals surface area contributed by atoms with Crippen LogP contribution in [-0.4, -0.2) is 42.0 Å². The van der Waals surface area contributed by atoms with Crippen molar-refractivity contribution in [2.75, 3.05) is 13.6 Å². The molecule has 2 aliphatic rings. The van der Waals surface area contributed by atoms with E-state index in [2.05, 4.69) is 24.2 Å². The van der Waals surface area contributed by atoms with Crippen LogP contribution in [0.25, 0.3) is 0 Å². The molecule has 4 heteroatoms. The van der Waals surface area contributed by atoms with Crippen molar-refractivity contribution in [2.45, 2.75) is 69.5 Å². The summed E-state index contributed by atoms with van der Waals surface area (Å²) < 4.78 is 0. The summed E-state index contributed by atoms with van der Waals surface area (Å²) in [6.45, 7) is 3.00. The van der Waals surface area contributed by atoms with Crippen LogP contribution in [0, 0.1) is 0 Å². The molecule has 2 saturated carbocycles. The molecule has 104 valence electrons. The van der Waals surface area contributed by atoms with Gasteiger partial charge in [0.2, 0.25) is 5.91 Å². The monoisotopic (exact) mass is 253 g/mol. The summed E-state index contributed by atoms with van der Waals surface area (Å²) in [4.78, 5) is 14.4. The predicted octanol–water partition coefficient (Wildman–Crippen LogP) is 1.25. The molecule has 18 heavy (non-hydrogen) atoms. The highest BCUT2D eigenvalue weighted by molar-refractivity contribution is 5.84. The van der Waals surface area contributed by atoms with Gasteiger partial charge in [0.05, 0.1) is 5.54 Å². The summed E-state index contributed by atoms with van der Waals surface area (Å²) in [5, 5.41) is 3.43. The first kappa shape index (κ1) is 13.8. The van der Waals surface area contributed by atoms with E-state index < -0.39 is 5.54 Å². The van der Waals surface area contributed by atoms with Gasteiger partial charge in [0.1, 0.15) is 0 Å². The molecule has 4 nitrogen and oxygen atoms in total. The third-order valence-electron chi connectivity index (χ3n) is 4.61. The van der Waals surface area contributed by atoms with E-state index in [1.54, 1.807) is 0 Å². The predicted molar refractivity (Wildman–Crippen MR) is 73.3 cm³/mol. The second-order valence-electron chi connectivity index (χ2n) is 6.02. The number of carbonyl (C=O) groups is 1. The van der Waals surface area contributed by atoms with Crippen LogP contribution in [-0.2, 0) is 4.79 Å². The molecular weight excluding hydrogens is 226 g/mol. The zero-order chi connectivity index (χ0) is 13.2. The third-order valence-corrected chi connectivity index (χ3v) is 4.61. The first-order valence-corrected chi connectivity index (χ1v) is 7.36. The molecule has 0 aromatic rings. The van der Waals surface area contributed by atoms with Crippen LogP contribution in [0.2, 0.25) is 0 Å². The highest BCUT2D eigenvalue weighted by atomic mass is 16.1. The lowest BCUT2D eigenvalue weighted by Gasteiger charge is -2.42. The number of nitrogens with two attached hydrogens (primary N) is 1. The van der Waals surface area contributed by atoms with Crippen molar-refractivity contribution in [2.24, 2.45) is 5.73 Å². The van der Waals surface area contributed by atoms with Crippen LogP contribution >= 0.6 is 0 Å². The molecule has 2 unspecified atom stereocenters. The van der Waals surface area contributed by atoms with Crippen molar-refractivity contribution in [1.29, 1.82) is 0 Å². The summed E-state index contributed by atoms with van der Waals surface area (Å²) in [5.74, 6) is -0.162. The molecular formula is C14H27N3O. The van der Waals surface area contributed by atoms with Gasteiger partial charge in [0, 0.05) is 12.1 Å². The molecule has 0 spiro atoms. The number of primary amides is 1. The topological polar surface area (TPSA) is 58.4 Å². The number of rotatable bonds is 6. The molecule has 0 saturated heterocycles. The fourth-order valence-corrected chi connectivity index (χ4v) is 3.21. The average Bonchev–Trinajstić information content (AvgIpc) is 3.20. The fourth-order valence-electron chi connectivity index (χ4n) is 3.21. The van der Waals surface area contributed by atoms with Crippen LogP contribution in [0.5, 0.6) is 0 Å². The minimum absolute atomic E-state index is 0.162. The number of carbonyl (C=O) groups excluding carboxylic acids is 1. The Labute approximate surface area is 110 Å². The van der Waals surface area contributed by atoms with Gasteiger partial charge in [0.15, 0.2) is 0 Å². The first-order valence-electron chi connectivity index (χ1n) is 7.36. The second-order valence-corrected chi connectivity index (χ2v) is 6.02. The number of nitrogens with one attached hydrogen (secondary N) is 1. The Hall–Kier alpha value is -0.610.